The van der Waals surface area contributed by atoms with Crippen molar-refractivity contribution in [1.82, 2.24) is 20.0 Å². The van der Waals surface area contributed by atoms with E-state index < -0.39 is 6.10 Å². The zero-order valence-electron chi connectivity index (χ0n) is 14.4. The van der Waals surface area contributed by atoms with Crippen LogP contribution in [0.25, 0.3) is 11.4 Å². The van der Waals surface area contributed by atoms with Crippen molar-refractivity contribution in [3.8, 4) is 17.1 Å². The molecule has 1 saturated heterocycles. The van der Waals surface area contributed by atoms with Crippen molar-refractivity contribution in [1.29, 1.82) is 0 Å². The van der Waals surface area contributed by atoms with Crippen LogP contribution in [0.5, 0.6) is 5.75 Å². The van der Waals surface area contributed by atoms with Gasteiger partial charge in [-0.05, 0) is 42.8 Å². The second-order valence-corrected chi connectivity index (χ2v) is 6.34. The summed E-state index contributed by atoms with van der Waals surface area (Å²) in [6.45, 7) is 1.18. The third kappa shape index (κ3) is 3.44. The molecule has 4 rings (SSSR count). The largest absolute Gasteiger partial charge is 0.497 e. The first kappa shape index (κ1) is 16.7. The number of methoxy groups -OCH3 is 1. The molecule has 134 valence electrons. The number of hydrogen-bond acceptors (Lipinski definition) is 7. The van der Waals surface area contributed by atoms with E-state index >= 15 is 0 Å². The third-order valence-electron chi connectivity index (χ3n) is 4.55. The Morgan fingerprint density at radius 2 is 2.08 bits per heavy atom. The van der Waals surface area contributed by atoms with E-state index in [0.717, 1.165) is 17.0 Å². The third-order valence-corrected chi connectivity index (χ3v) is 4.55. The summed E-state index contributed by atoms with van der Waals surface area (Å²) < 4.78 is 10.7. The van der Waals surface area contributed by atoms with Gasteiger partial charge in [0.05, 0.1) is 24.9 Å². The number of β-amino-alcohol motifs (C(OH)–C–C–N with tert-alkyl or cyclic N) is 1. The molecular weight excluding hydrogens is 332 g/mol. The van der Waals surface area contributed by atoms with Gasteiger partial charge in [0.1, 0.15) is 5.75 Å². The molecule has 26 heavy (non-hydrogen) atoms. The van der Waals surface area contributed by atoms with Crippen molar-refractivity contribution in [3.63, 3.8) is 0 Å². The van der Waals surface area contributed by atoms with Gasteiger partial charge in [-0.1, -0.05) is 11.2 Å². The van der Waals surface area contributed by atoms with Gasteiger partial charge in [0.2, 0.25) is 11.7 Å². The van der Waals surface area contributed by atoms with Gasteiger partial charge in [0.25, 0.3) is 0 Å². The Morgan fingerprint density at radius 1 is 1.23 bits per heavy atom. The Balaban J connectivity index is 1.54. The van der Waals surface area contributed by atoms with Gasteiger partial charge in [-0.2, -0.15) is 4.98 Å². The fourth-order valence-electron chi connectivity index (χ4n) is 3.24. The van der Waals surface area contributed by atoms with Gasteiger partial charge >= 0.3 is 0 Å². The van der Waals surface area contributed by atoms with Crippen molar-refractivity contribution >= 4 is 0 Å². The number of hydrogen-bond donors (Lipinski definition) is 1. The molecule has 1 aliphatic heterocycles. The van der Waals surface area contributed by atoms with Crippen LogP contribution < -0.4 is 4.74 Å². The maximum absolute atomic E-state index is 10.1. The van der Waals surface area contributed by atoms with Gasteiger partial charge < -0.3 is 14.4 Å². The second kappa shape index (κ2) is 7.23. The average molecular weight is 352 g/mol. The topological polar surface area (TPSA) is 84.5 Å². The normalized spacial score (nSPS) is 20.4. The average Bonchev–Trinajstić information content (AvgIpc) is 3.29. The number of aromatic nitrogens is 3. The molecule has 0 spiro atoms. The highest BCUT2D eigenvalue weighted by Gasteiger charge is 2.36. The molecule has 3 aromatic rings. The van der Waals surface area contributed by atoms with Gasteiger partial charge in [-0.25, -0.2) is 0 Å². The van der Waals surface area contributed by atoms with Crippen LogP contribution in [-0.2, 0) is 6.54 Å². The van der Waals surface area contributed by atoms with E-state index in [2.05, 4.69) is 20.0 Å². The van der Waals surface area contributed by atoms with E-state index in [1.54, 1.807) is 13.3 Å². The predicted octanol–water partition coefficient (Wildman–Crippen LogP) is 2.45. The Kier molecular flexibility index (Phi) is 4.64. The summed E-state index contributed by atoms with van der Waals surface area (Å²) in [7, 11) is 1.63. The Morgan fingerprint density at radius 3 is 2.81 bits per heavy atom. The first-order valence-electron chi connectivity index (χ1n) is 8.53. The number of benzene rings is 1. The highest BCUT2D eigenvalue weighted by atomic mass is 16.5. The molecule has 2 atom stereocenters. The minimum atomic E-state index is -0.417. The van der Waals surface area contributed by atoms with Crippen molar-refractivity contribution < 1.29 is 14.4 Å². The van der Waals surface area contributed by atoms with Crippen LogP contribution in [0, 0.1) is 0 Å². The van der Waals surface area contributed by atoms with Gasteiger partial charge in [0, 0.05) is 24.8 Å². The van der Waals surface area contributed by atoms with Crippen LogP contribution in [0.4, 0.5) is 0 Å². The van der Waals surface area contributed by atoms with E-state index in [1.165, 1.54) is 0 Å². The minimum absolute atomic E-state index is 0.119. The smallest absolute Gasteiger partial charge is 0.244 e. The highest BCUT2D eigenvalue weighted by Crippen LogP contribution is 2.33. The number of aliphatic hydroxyl groups excluding tert-OH is 1. The Labute approximate surface area is 151 Å². The minimum Gasteiger partial charge on any atom is -0.497 e. The Hall–Kier alpha value is -2.77. The molecule has 0 radical (unpaired) electrons. The van der Waals surface area contributed by atoms with Crippen LogP contribution in [0.1, 0.15) is 24.0 Å². The first-order chi connectivity index (χ1) is 12.7. The second-order valence-electron chi connectivity index (χ2n) is 6.34. The van der Waals surface area contributed by atoms with Gasteiger partial charge in [0.15, 0.2) is 0 Å². The summed E-state index contributed by atoms with van der Waals surface area (Å²) in [5, 5.41) is 14.2. The van der Waals surface area contributed by atoms with Crippen LogP contribution in [0.2, 0.25) is 0 Å². The number of rotatable bonds is 5. The van der Waals surface area contributed by atoms with E-state index in [-0.39, 0.29) is 6.04 Å². The molecule has 1 fully saturated rings. The van der Waals surface area contributed by atoms with Crippen LogP contribution in [-0.4, -0.2) is 44.9 Å². The van der Waals surface area contributed by atoms with E-state index in [4.69, 9.17) is 9.26 Å². The molecule has 1 aromatic carbocycles. The first-order valence-corrected chi connectivity index (χ1v) is 8.53. The maximum Gasteiger partial charge on any atom is 0.244 e. The van der Waals surface area contributed by atoms with E-state index in [1.807, 2.05) is 42.5 Å². The van der Waals surface area contributed by atoms with Crippen LogP contribution >= 0.6 is 0 Å². The molecule has 0 saturated carbocycles. The summed E-state index contributed by atoms with van der Waals surface area (Å²) in [5.41, 5.74) is 1.80. The van der Waals surface area contributed by atoms with E-state index in [9.17, 15) is 5.11 Å². The molecule has 7 heteroatoms. The molecule has 0 amide bonds. The summed E-state index contributed by atoms with van der Waals surface area (Å²) in [4.78, 5) is 11.0. The number of ether oxygens (including phenoxy) is 1. The SMILES string of the molecule is COc1ccc(-c2noc(C3CC(O)CN3Cc3ccccn3)n2)cc1. The zero-order chi connectivity index (χ0) is 17.9. The van der Waals surface area contributed by atoms with Crippen molar-refractivity contribution in [2.75, 3.05) is 13.7 Å². The Bertz CT molecular complexity index is 851. The maximum atomic E-state index is 10.1. The van der Waals surface area contributed by atoms with E-state index in [0.29, 0.717) is 31.2 Å². The van der Waals surface area contributed by atoms with Crippen LogP contribution in [0.15, 0.2) is 53.2 Å². The fraction of sp³-hybridized carbons (Fsp3) is 0.316. The quantitative estimate of drug-likeness (QED) is 0.755. The molecule has 1 N–H and O–H groups in total. The molecule has 0 aliphatic carbocycles. The summed E-state index contributed by atoms with van der Waals surface area (Å²) in [6, 6.07) is 13.2. The summed E-state index contributed by atoms with van der Waals surface area (Å²) in [5.74, 6) is 1.82. The van der Waals surface area contributed by atoms with Crippen molar-refractivity contribution in [2.45, 2.75) is 25.1 Å². The lowest BCUT2D eigenvalue weighted by Gasteiger charge is -2.20. The van der Waals surface area contributed by atoms with Crippen molar-refractivity contribution in [2.24, 2.45) is 0 Å². The lowest BCUT2D eigenvalue weighted by atomic mass is 10.2. The fourth-order valence-corrected chi connectivity index (χ4v) is 3.24. The van der Waals surface area contributed by atoms with Crippen molar-refractivity contribution in [3.05, 3.63) is 60.2 Å². The molecule has 1 aliphatic rings. The van der Waals surface area contributed by atoms with Gasteiger partial charge in [-0.3, -0.25) is 9.88 Å². The molecule has 2 aromatic heterocycles. The van der Waals surface area contributed by atoms with Crippen LogP contribution in [0.3, 0.4) is 0 Å². The molecule has 3 heterocycles. The number of nitrogens with zero attached hydrogens (tertiary/aromatic N) is 4. The summed E-state index contributed by atoms with van der Waals surface area (Å²) in [6.07, 6.45) is 1.92. The molecule has 0 bridgehead atoms. The predicted molar refractivity (Wildman–Crippen MR) is 94.3 cm³/mol. The monoisotopic (exact) mass is 352 g/mol. The lowest BCUT2D eigenvalue weighted by molar-refractivity contribution is 0.168. The van der Waals surface area contributed by atoms with Gasteiger partial charge in [-0.15, -0.1) is 0 Å². The molecule has 7 nitrogen and oxygen atoms in total. The number of pyridine rings is 1. The highest BCUT2D eigenvalue weighted by molar-refractivity contribution is 5.55. The number of likely N-dealkylation sites (tertiary alicyclic amines) is 1. The lowest BCUT2D eigenvalue weighted by Crippen LogP contribution is -2.25. The summed E-state index contributed by atoms with van der Waals surface area (Å²) >= 11 is 0. The molecular formula is C19H20N4O3. The molecule has 2 unspecified atom stereocenters. The zero-order valence-corrected chi connectivity index (χ0v) is 14.4. The number of aliphatic hydroxyl groups is 1. The standard InChI is InChI=1S/C19H20N4O3/c1-25-16-7-5-13(6-8-16)18-21-19(26-22-18)17-10-15(24)12-23(17)11-14-4-2-3-9-20-14/h2-9,15,17,24H,10-12H2,1H3.